The number of hydrogen-bond donors (Lipinski definition) is 3. The van der Waals surface area contributed by atoms with Gasteiger partial charge < -0.3 is 39.9 Å². The van der Waals surface area contributed by atoms with Gasteiger partial charge >= 0.3 is 12.1 Å². The highest BCUT2D eigenvalue weighted by Gasteiger charge is 2.34. The summed E-state index contributed by atoms with van der Waals surface area (Å²) in [6.07, 6.45) is -0.192. The lowest BCUT2D eigenvalue weighted by atomic mass is 10.1. The van der Waals surface area contributed by atoms with Gasteiger partial charge in [-0.15, -0.1) is 0 Å². The van der Waals surface area contributed by atoms with Crippen molar-refractivity contribution in [2.24, 2.45) is 0 Å². The number of hydrogen-bond acceptors (Lipinski definition) is 9. The molecule has 4 rings (SSSR count). The topological polar surface area (TPSA) is 188 Å². The van der Waals surface area contributed by atoms with Crippen molar-refractivity contribution in [3.63, 3.8) is 0 Å². The first-order valence-electron chi connectivity index (χ1n) is 15.7. The predicted molar refractivity (Wildman–Crippen MR) is 164 cm³/mol. The maximum Gasteiger partial charge on any atom is 0.409 e. The van der Waals surface area contributed by atoms with Crippen LogP contribution < -0.4 is 15.4 Å². The Balaban J connectivity index is 1.54. The molecular formula is C31H38F2N6O9. The standard InChI is InChI=1S/C31H38F2N6O9/c1-3-34-29(44)24-6-5-9-39(24)26(40)17-48-25-16-23(35-22-15-20(33)19(32)14-18(22)25)28(43)36-21(7-8-27(41)42)30(45)37-10-12-38(13-11-37)31(46)47-4-2/h14-16,21,24H,3-13,17H2,1-2H3,(H,34,44)(H,36,43)(H,41,42)/t21-,24-/m0/s1. The third-order valence-electron chi connectivity index (χ3n) is 7.99. The summed E-state index contributed by atoms with van der Waals surface area (Å²) < 4.78 is 39.2. The van der Waals surface area contributed by atoms with Crippen LogP contribution in [0, 0.1) is 11.6 Å². The first-order chi connectivity index (χ1) is 22.9. The Morgan fingerprint density at radius 3 is 2.35 bits per heavy atom. The van der Waals surface area contributed by atoms with E-state index in [9.17, 15) is 42.7 Å². The van der Waals surface area contributed by atoms with Crippen molar-refractivity contribution in [3.05, 3.63) is 35.5 Å². The average molecular weight is 677 g/mol. The van der Waals surface area contributed by atoms with E-state index >= 15 is 0 Å². The molecule has 0 radical (unpaired) electrons. The normalized spacial score (nSPS) is 16.8. The predicted octanol–water partition coefficient (Wildman–Crippen LogP) is 1.28. The number of halogens is 2. The fourth-order valence-corrected chi connectivity index (χ4v) is 5.58. The third-order valence-corrected chi connectivity index (χ3v) is 7.99. The molecular weight excluding hydrogens is 638 g/mol. The number of nitrogens with zero attached hydrogens (tertiary/aromatic N) is 4. The molecule has 2 atom stereocenters. The van der Waals surface area contributed by atoms with Crippen LogP contribution in [0.2, 0.25) is 0 Å². The summed E-state index contributed by atoms with van der Waals surface area (Å²) in [4.78, 5) is 84.1. The van der Waals surface area contributed by atoms with Gasteiger partial charge in [-0.3, -0.25) is 24.0 Å². The van der Waals surface area contributed by atoms with Gasteiger partial charge in [-0.1, -0.05) is 0 Å². The SMILES string of the molecule is CCNC(=O)[C@@H]1CCCN1C(=O)COc1cc(C(=O)N[C@@H](CCC(=O)O)C(=O)N2CCN(C(=O)OCC)CC2)nc2cc(F)c(F)cc12. The molecule has 2 aromatic rings. The number of benzene rings is 1. The van der Waals surface area contributed by atoms with Crippen LogP contribution in [0.4, 0.5) is 13.6 Å². The van der Waals surface area contributed by atoms with Crippen LogP contribution in [-0.2, 0) is 23.9 Å². The number of aliphatic carboxylic acids is 1. The zero-order valence-electron chi connectivity index (χ0n) is 26.6. The molecule has 1 aromatic heterocycles. The van der Waals surface area contributed by atoms with Crippen molar-refractivity contribution in [1.82, 2.24) is 30.3 Å². The Morgan fingerprint density at radius 2 is 1.69 bits per heavy atom. The van der Waals surface area contributed by atoms with Crippen molar-refractivity contribution < 1.29 is 52.1 Å². The molecule has 0 bridgehead atoms. The van der Waals surface area contributed by atoms with Crippen LogP contribution in [0.25, 0.3) is 10.9 Å². The first kappa shape index (κ1) is 35.8. The molecule has 0 aliphatic carbocycles. The number of rotatable bonds is 12. The first-order valence-corrected chi connectivity index (χ1v) is 15.7. The minimum absolute atomic E-state index is 0.0436. The number of carbonyl (C=O) groups excluding carboxylic acids is 5. The number of aromatic nitrogens is 1. The summed E-state index contributed by atoms with van der Waals surface area (Å²) >= 11 is 0. The summed E-state index contributed by atoms with van der Waals surface area (Å²) in [5.74, 6) is -6.24. The lowest BCUT2D eigenvalue weighted by Crippen LogP contribution is -2.56. The monoisotopic (exact) mass is 676 g/mol. The lowest BCUT2D eigenvalue weighted by Gasteiger charge is -2.35. The second-order valence-electron chi connectivity index (χ2n) is 11.2. The number of ether oxygens (including phenoxy) is 2. The summed E-state index contributed by atoms with van der Waals surface area (Å²) in [5.41, 5.74) is -0.563. The molecule has 0 saturated carbocycles. The maximum atomic E-state index is 14.3. The highest BCUT2D eigenvalue weighted by atomic mass is 19.2. The van der Waals surface area contributed by atoms with Crippen LogP contribution in [0.3, 0.4) is 0 Å². The highest BCUT2D eigenvalue weighted by molar-refractivity contribution is 5.99. The van der Waals surface area contributed by atoms with E-state index in [1.807, 2.05) is 0 Å². The Labute approximate surface area is 274 Å². The number of fused-ring (bicyclic) bond motifs is 1. The Morgan fingerprint density at radius 1 is 1.00 bits per heavy atom. The largest absolute Gasteiger partial charge is 0.483 e. The summed E-state index contributed by atoms with van der Waals surface area (Å²) in [7, 11) is 0. The van der Waals surface area contributed by atoms with Crippen molar-refractivity contribution in [2.45, 2.75) is 51.6 Å². The van der Waals surface area contributed by atoms with E-state index in [1.165, 1.54) is 14.7 Å². The van der Waals surface area contributed by atoms with E-state index in [0.29, 0.717) is 25.9 Å². The zero-order valence-corrected chi connectivity index (χ0v) is 26.6. The molecule has 15 nitrogen and oxygen atoms in total. The van der Waals surface area contributed by atoms with E-state index in [-0.39, 0.29) is 67.5 Å². The summed E-state index contributed by atoms with van der Waals surface area (Å²) in [6.45, 7) is 4.28. The molecule has 3 N–H and O–H groups in total. The Kier molecular flexibility index (Phi) is 12.0. The van der Waals surface area contributed by atoms with Crippen molar-refractivity contribution in [1.29, 1.82) is 0 Å². The molecule has 1 aromatic carbocycles. The fourth-order valence-electron chi connectivity index (χ4n) is 5.58. The quantitative estimate of drug-likeness (QED) is 0.296. The van der Waals surface area contributed by atoms with Crippen molar-refractivity contribution in [2.75, 3.05) is 52.5 Å². The second kappa shape index (κ2) is 16.1. The van der Waals surface area contributed by atoms with Gasteiger partial charge in [0, 0.05) is 63.2 Å². The van der Waals surface area contributed by atoms with E-state index in [4.69, 9.17) is 9.47 Å². The number of nitrogens with one attached hydrogen (secondary N) is 2. The van der Waals surface area contributed by atoms with E-state index in [0.717, 1.165) is 18.2 Å². The molecule has 3 heterocycles. The van der Waals surface area contributed by atoms with Gasteiger partial charge in [0.2, 0.25) is 11.8 Å². The molecule has 48 heavy (non-hydrogen) atoms. The molecule has 2 saturated heterocycles. The number of likely N-dealkylation sites (tertiary alicyclic amines) is 1. The van der Waals surface area contributed by atoms with Crippen LogP contribution in [0.5, 0.6) is 5.75 Å². The number of amides is 5. The zero-order chi connectivity index (χ0) is 35.0. The average Bonchev–Trinajstić information content (AvgIpc) is 3.56. The van der Waals surface area contributed by atoms with Gasteiger partial charge in [0.15, 0.2) is 18.2 Å². The van der Waals surface area contributed by atoms with E-state index in [2.05, 4.69) is 15.6 Å². The lowest BCUT2D eigenvalue weighted by molar-refractivity contribution is -0.139. The molecule has 260 valence electrons. The Bertz CT molecular complexity index is 1570. The van der Waals surface area contributed by atoms with Gasteiger partial charge in [-0.05, 0) is 39.2 Å². The van der Waals surface area contributed by atoms with Gasteiger partial charge in [0.25, 0.3) is 11.8 Å². The summed E-state index contributed by atoms with van der Waals surface area (Å²) in [5, 5.41) is 14.4. The third kappa shape index (κ3) is 8.63. The highest BCUT2D eigenvalue weighted by Crippen LogP contribution is 2.28. The van der Waals surface area contributed by atoms with Gasteiger partial charge in [-0.2, -0.15) is 0 Å². The molecule has 5 amide bonds. The van der Waals surface area contributed by atoms with Crippen LogP contribution in [0.15, 0.2) is 18.2 Å². The van der Waals surface area contributed by atoms with Gasteiger partial charge in [-0.25, -0.2) is 18.6 Å². The number of pyridine rings is 1. The number of carboxylic acids is 1. The number of carboxylic acid groups (broad SMARTS) is 1. The molecule has 2 aliphatic rings. The second-order valence-corrected chi connectivity index (χ2v) is 11.2. The van der Waals surface area contributed by atoms with Gasteiger partial charge in [0.05, 0.1) is 12.1 Å². The minimum atomic E-state index is -1.31. The van der Waals surface area contributed by atoms with Crippen molar-refractivity contribution >= 4 is 46.6 Å². The van der Waals surface area contributed by atoms with E-state index < -0.39 is 66.5 Å². The smallest absolute Gasteiger partial charge is 0.409 e. The molecule has 17 heteroatoms. The number of likely N-dealkylation sites (N-methyl/N-ethyl adjacent to an activating group) is 1. The van der Waals surface area contributed by atoms with Gasteiger partial charge in [0.1, 0.15) is 23.5 Å². The summed E-state index contributed by atoms with van der Waals surface area (Å²) in [6, 6.07) is 0.665. The number of piperazine rings is 1. The van der Waals surface area contributed by atoms with Crippen molar-refractivity contribution in [3.8, 4) is 5.75 Å². The molecule has 0 spiro atoms. The van der Waals surface area contributed by atoms with E-state index in [1.54, 1.807) is 13.8 Å². The molecule has 2 aliphatic heterocycles. The minimum Gasteiger partial charge on any atom is -0.483 e. The Hall–Kier alpha value is -5.09. The van der Waals surface area contributed by atoms with Crippen LogP contribution >= 0.6 is 0 Å². The fraction of sp³-hybridized carbons (Fsp3) is 0.516. The number of carbonyl (C=O) groups is 6. The molecule has 2 fully saturated rings. The molecule has 0 unspecified atom stereocenters. The maximum absolute atomic E-state index is 14.3. The van der Waals surface area contributed by atoms with Crippen LogP contribution in [0.1, 0.15) is 50.0 Å². The van der Waals surface area contributed by atoms with Crippen LogP contribution in [-0.4, -0.2) is 125 Å².